The number of halogens is 1. The van der Waals surface area contributed by atoms with E-state index in [4.69, 9.17) is 16.0 Å². The lowest BCUT2D eigenvalue weighted by Crippen LogP contribution is -2.33. The number of hydrogen-bond acceptors (Lipinski definition) is 2. The minimum atomic E-state index is -0.0359. The van der Waals surface area contributed by atoms with Crippen LogP contribution in [-0.4, -0.2) is 0 Å². The minimum Gasteiger partial charge on any atom is -0.456 e. The molecule has 0 bridgehead atoms. The lowest BCUT2D eigenvalue weighted by molar-refractivity contribution is 0.332. The first-order valence-corrected chi connectivity index (χ1v) is 16.0. The molecule has 0 fully saturated rings. The lowest BCUT2D eigenvalue weighted by Gasteiger charge is -2.41. The standard InChI is InChI=1S/C40H46ClNO/c1-37(2,3)25-11-13-28(14-12-25)42(30-20-26(38(4,5)6)19-27(41)21-30)29-15-16-35-31(22-29)32-23-33-34(24-36(32)43-35)40(9,10)18-17-39(33,7)8/h11-16,19-24H,17-18H2,1-10H3. The van der Waals surface area contributed by atoms with Crippen molar-refractivity contribution in [3.8, 4) is 0 Å². The minimum absolute atomic E-state index is 0.0359. The largest absolute Gasteiger partial charge is 0.456 e. The fraction of sp³-hybridized carbons (Fsp3) is 0.400. The van der Waals surface area contributed by atoms with E-state index in [1.807, 2.05) is 0 Å². The molecule has 0 unspecified atom stereocenters. The van der Waals surface area contributed by atoms with Gasteiger partial charge in [0.2, 0.25) is 0 Å². The fourth-order valence-electron chi connectivity index (χ4n) is 6.66. The third kappa shape index (κ3) is 5.37. The molecule has 0 spiro atoms. The lowest BCUT2D eigenvalue weighted by atomic mass is 9.63. The van der Waals surface area contributed by atoms with E-state index in [-0.39, 0.29) is 21.7 Å². The van der Waals surface area contributed by atoms with Crippen LogP contribution < -0.4 is 4.90 Å². The summed E-state index contributed by atoms with van der Waals surface area (Å²) in [6, 6.07) is 26.7. The van der Waals surface area contributed by atoms with E-state index in [1.165, 1.54) is 40.5 Å². The Kier molecular flexibility index (Phi) is 6.86. The molecule has 4 aromatic carbocycles. The maximum absolute atomic E-state index is 6.79. The van der Waals surface area contributed by atoms with Crippen molar-refractivity contribution in [1.82, 2.24) is 0 Å². The molecule has 1 aromatic heterocycles. The van der Waals surface area contributed by atoms with Crippen LogP contribution >= 0.6 is 11.6 Å². The first kappa shape index (κ1) is 29.8. The van der Waals surface area contributed by atoms with Crippen molar-refractivity contribution < 1.29 is 4.42 Å². The fourth-order valence-corrected chi connectivity index (χ4v) is 6.89. The molecule has 3 heteroatoms. The molecule has 1 aliphatic rings. The van der Waals surface area contributed by atoms with E-state index in [2.05, 4.69) is 147 Å². The molecular formula is C40H46ClNO. The van der Waals surface area contributed by atoms with Gasteiger partial charge in [0.15, 0.2) is 0 Å². The van der Waals surface area contributed by atoms with Crippen LogP contribution in [0.4, 0.5) is 17.1 Å². The van der Waals surface area contributed by atoms with Gasteiger partial charge in [-0.15, -0.1) is 0 Å². The molecule has 0 saturated heterocycles. The number of benzene rings is 4. The van der Waals surface area contributed by atoms with Gasteiger partial charge in [-0.05, 0) is 117 Å². The van der Waals surface area contributed by atoms with Crippen LogP contribution in [-0.2, 0) is 21.7 Å². The van der Waals surface area contributed by atoms with Crippen LogP contribution in [0.2, 0.25) is 5.02 Å². The molecule has 0 radical (unpaired) electrons. The van der Waals surface area contributed by atoms with Crippen LogP contribution in [0.15, 0.2) is 77.2 Å². The predicted molar refractivity (Wildman–Crippen MR) is 186 cm³/mol. The Balaban J connectivity index is 1.58. The van der Waals surface area contributed by atoms with Gasteiger partial charge in [0.05, 0.1) is 0 Å². The van der Waals surface area contributed by atoms with Crippen LogP contribution in [0.1, 0.15) is 104 Å². The molecule has 6 rings (SSSR count). The van der Waals surface area contributed by atoms with Gasteiger partial charge in [0, 0.05) is 32.9 Å². The molecule has 0 atom stereocenters. The average Bonchev–Trinajstić information content (AvgIpc) is 3.27. The molecule has 0 amide bonds. The molecule has 0 saturated carbocycles. The van der Waals surface area contributed by atoms with Crippen LogP contribution in [0.25, 0.3) is 21.9 Å². The smallest absolute Gasteiger partial charge is 0.135 e. The van der Waals surface area contributed by atoms with Crippen molar-refractivity contribution in [3.05, 3.63) is 100 Å². The third-order valence-electron chi connectivity index (χ3n) is 9.68. The van der Waals surface area contributed by atoms with Crippen molar-refractivity contribution >= 4 is 50.6 Å². The molecule has 224 valence electrons. The van der Waals surface area contributed by atoms with Crippen LogP contribution in [0, 0.1) is 0 Å². The van der Waals surface area contributed by atoms with Crippen molar-refractivity contribution in [2.75, 3.05) is 4.90 Å². The molecular weight excluding hydrogens is 546 g/mol. The number of hydrogen-bond donors (Lipinski definition) is 0. The zero-order chi connectivity index (χ0) is 31.1. The van der Waals surface area contributed by atoms with Crippen molar-refractivity contribution in [2.45, 2.75) is 104 Å². The number of rotatable bonds is 3. The van der Waals surface area contributed by atoms with Crippen molar-refractivity contribution in [1.29, 1.82) is 0 Å². The molecule has 5 aromatic rings. The Morgan fingerprint density at radius 3 is 1.74 bits per heavy atom. The maximum Gasteiger partial charge on any atom is 0.135 e. The van der Waals surface area contributed by atoms with Gasteiger partial charge < -0.3 is 9.32 Å². The normalized spacial score (nSPS) is 16.4. The van der Waals surface area contributed by atoms with E-state index < -0.39 is 0 Å². The van der Waals surface area contributed by atoms with Gasteiger partial charge >= 0.3 is 0 Å². The van der Waals surface area contributed by atoms with Crippen LogP contribution in [0.5, 0.6) is 0 Å². The van der Waals surface area contributed by atoms with E-state index in [0.29, 0.717) is 0 Å². The number of anilines is 3. The summed E-state index contributed by atoms with van der Waals surface area (Å²) in [6.07, 6.45) is 2.37. The van der Waals surface area contributed by atoms with Gasteiger partial charge in [0.1, 0.15) is 11.2 Å². The zero-order valence-electron chi connectivity index (χ0n) is 27.6. The van der Waals surface area contributed by atoms with E-state index in [9.17, 15) is 0 Å². The molecule has 1 aliphatic carbocycles. The average molecular weight is 592 g/mol. The highest BCUT2D eigenvalue weighted by Crippen LogP contribution is 2.49. The van der Waals surface area contributed by atoms with Crippen molar-refractivity contribution in [3.63, 3.8) is 0 Å². The third-order valence-corrected chi connectivity index (χ3v) is 9.90. The maximum atomic E-state index is 6.79. The molecule has 2 nitrogen and oxygen atoms in total. The van der Waals surface area contributed by atoms with Gasteiger partial charge in [-0.3, -0.25) is 0 Å². The van der Waals surface area contributed by atoms with Gasteiger partial charge in [0.25, 0.3) is 0 Å². The Bertz CT molecular complexity index is 1840. The Morgan fingerprint density at radius 1 is 0.581 bits per heavy atom. The Morgan fingerprint density at radius 2 is 1.14 bits per heavy atom. The second-order valence-electron chi connectivity index (χ2n) is 16.0. The quantitative estimate of drug-likeness (QED) is 0.207. The summed E-state index contributed by atoms with van der Waals surface area (Å²) in [5.74, 6) is 0. The second-order valence-corrected chi connectivity index (χ2v) is 16.5. The first-order valence-electron chi connectivity index (χ1n) is 15.7. The van der Waals surface area contributed by atoms with Gasteiger partial charge in [-0.25, -0.2) is 0 Å². The summed E-state index contributed by atoms with van der Waals surface area (Å²) < 4.78 is 6.52. The highest BCUT2D eigenvalue weighted by atomic mass is 35.5. The summed E-state index contributed by atoms with van der Waals surface area (Å²) in [5, 5.41) is 3.07. The number of fused-ring (bicyclic) bond motifs is 4. The predicted octanol–water partition coefficient (Wildman–Crippen LogP) is 12.7. The number of nitrogens with zero attached hydrogens (tertiary/aromatic N) is 1. The molecule has 0 N–H and O–H groups in total. The van der Waals surface area contributed by atoms with E-state index in [0.717, 1.165) is 38.6 Å². The van der Waals surface area contributed by atoms with Gasteiger partial charge in [-0.2, -0.15) is 0 Å². The molecule has 0 aliphatic heterocycles. The number of furan rings is 1. The highest BCUT2D eigenvalue weighted by molar-refractivity contribution is 6.31. The highest BCUT2D eigenvalue weighted by Gasteiger charge is 2.37. The zero-order valence-corrected chi connectivity index (χ0v) is 28.3. The summed E-state index contributed by atoms with van der Waals surface area (Å²) in [7, 11) is 0. The van der Waals surface area contributed by atoms with Crippen LogP contribution in [0.3, 0.4) is 0 Å². The monoisotopic (exact) mass is 591 g/mol. The van der Waals surface area contributed by atoms with E-state index in [1.54, 1.807) is 0 Å². The first-order chi connectivity index (χ1) is 19.9. The summed E-state index contributed by atoms with van der Waals surface area (Å²) in [5.41, 5.74) is 10.8. The Hall–Kier alpha value is -3.23. The summed E-state index contributed by atoms with van der Waals surface area (Å²) >= 11 is 6.79. The SMILES string of the molecule is CC(C)(C)c1ccc(N(c2cc(Cl)cc(C(C)(C)C)c2)c2ccc3oc4cc5c(cc4c3c2)C(C)(C)CCC5(C)C)cc1. The van der Waals surface area contributed by atoms with Gasteiger partial charge in [-0.1, -0.05) is 93.0 Å². The molecule has 1 heterocycles. The second kappa shape index (κ2) is 9.89. The summed E-state index contributed by atoms with van der Waals surface area (Å²) in [6.45, 7) is 23.0. The molecule has 43 heavy (non-hydrogen) atoms. The topological polar surface area (TPSA) is 16.4 Å². The summed E-state index contributed by atoms with van der Waals surface area (Å²) in [4.78, 5) is 2.33. The van der Waals surface area contributed by atoms with Crippen molar-refractivity contribution in [2.24, 2.45) is 0 Å². The van der Waals surface area contributed by atoms with E-state index >= 15 is 0 Å². The Labute approximate surface area is 263 Å².